The minimum atomic E-state index is -0.313. The summed E-state index contributed by atoms with van der Waals surface area (Å²) in [6.45, 7) is 5.70. The van der Waals surface area contributed by atoms with Crippen molar-refractivity contribution < 1.29 is 9.53 Å². The first-order valence-electron chi connectivity index (χ1n) is 8.82. The van der Waals surface area contributed by atoms with E-state index in [1.54, 1.807) is 11.3 Å². The molecule has 0 unspecified atom stereocenters. The molecule has 0 bridgehead atoms. The molecule has 1 N–H and O–H groups in total. The number of nitrogens with zero attached hydrogens (tertiary/aromatic N) is 3. The predicted molar refractivity (Wildman–Crippen MR) is 105 cm³/mol. The van der Waals surface area contributed by atoms with Crippen molar-refractivity contribution in [3.05, 3.63) is 46.5 Å². The Morgan fingerprint density at radius 2 is 2.15 bits per heavy atom. The molecular weight excluding hydrogens is 348 g/mol. The van der Waals surface area contributed by atoms with E-state index in [1.165, 1.54) is 0 Å². The number of likely N-dealkylation sites (N-methyl/N-ethyl adjacent to an activating group) is 1. The number of carbonyl (C=O) groups excluding carboxylic acids is 1. The standard InChI is InChI=1S/C19H26N4O2S/c1-14-5-4-6-15(11-14)17(22(2)3)18(24)20-12-16-13-26-19(21-16)23-7-9-25-10-8-23/h4-6,11,13,17H,7-10,12H2,1-3H3,(H,20,24)/t17-/m1/s1. The maximum Gasteiger partial charge on any atom is 0.242 e. The largest absolute Gasteiger partial charge is 0.378 e. The lowest BCUT2D eigenvalue weighted by molar-refractivity contribution is -0.126. The minimum Gasteiger partial charge on any atom is -0.378 e. The molecule has 0 spiro atoms. The van der Waals surface area contributed by atoms with Crippen molar-refractivity contribution in [1.82, 2.24) is 15.2 Å². The Kier molecular flexibility index (Phi) is 6.24. The summed E-state index contributed by atoms with van der Waals surface area (Å²) in [5.41, 5.74) is 3.04. The second kappa shape index (κ2) is 8.62. The molecule has 1 atom stereocenters. The third kappa shape index (κ3) is 4.60. The van der Waals surface area contributed by atoms with Crippen molar-refractivity contribution in [2.75, 3.05) is 45.3 Å². The summed E-state index contributed by atoms with van der Waals surface area (Å²) in [7, 11) is 3.85. The van der Waals surface area contributed by atoms with Gasteiger partial charge in [-0.25, -0.2) is 4.98 Å². The van der Waals surface area contributed by atoms with Gasteiger partial charge in [0.15, 0.2) is 5.13 Å². The van der Waals surface area contributed by atoms with Crippen molar-refractivity contribution in [2.24, 2.45) is 0 Å². The summed E-state index contributed by atoms with van der Waals surface area (Å²) in [5, 5.41) is 6.05. The van der Waals surface area contributed by atoms with E-state index in [0.29, 0.717) is 6.54 Å². The Balaban J connectivity index is 1.62. The number of aryl methyl sites for hydroxylation is 1. The topological polar surface area (TPSA) is 57.7 Å². The smallest absolute Gasteiger partial charge is 0.242 e. The second-order valence-corrected chi connectivity index (χ2v) is 7.56. The second-order valence-electron chi connectivity index (χ2n) is 6.72. The van der Waals surface area contributed by atoms with Crippen molar-refractivity contribution in [1.29, 1.82) is 0 Å². The van der Waals surface area contributed by atoms with E-state index in [1.807, 2.05) is 49.5 Å². The fourth-order valence-corrected chi connectivity index (χ4v) is 3.96. The van der Waals surface area contributed by atoms with E-state index in [2.05, 4.69) is 21.3 Å². The first-order valence-corrected chi connectivity index (χ1v) is 9.70. The van der Waals surface area contributed by atoms with Crippen molar-refractivity contribution in [2.45, 2.75) is 19.5 Å². The molecule has 1 aromatic carbocycles. The summed E-state index contributed by atoms with van der Waals surface area (Å²) in [6.07, 6.45) is 0. The van der Waals surface area contributed by atoms with Crippen molar-refractivity contribution in [3.63, 3.8) is 0 Å². The van der Waals surface area contributed by atoms with Crippen LogP contribution < -0.4 is 10.2 Å². The van der Waals surface area contributed by atoms with Gasteiger partial charge in [-0.15, -0.1) is 11.3 Å². The molecule has 0 radical (unpaired) electrons. The lowest BCUT2D eigenvalue weighted by Gasteiger charge is -2.26. The monoisotopic (exact) mass is 374 g/mol. The summed E-state index contributed by atoms with van der Waals surface area (Å²) >= 11 is 1.62. The average molecular weight is 375 g/mol. The van der Waals surface area contributed by atoms with E-state index in [9.17, 15) is 4.79 Å². The highest BCUT2D eigenvalue weighted by atomic mass is 32.1. The Bertz CT molecular complexity index is 741. The molecular formula is C19H26N4O2S. The molecule has 0 aliphatic carbocycles. The Labute approximate surface area is 158 Å². The van der Waals surface area contributed by atoms with E-state index < -0.39 is 0 Å². The number of benzene rings is 1. The normalized spacial score (nSPS) is 15.9. The molecule has 2 aromatic rings. The first-order chi connectivity index (χ1) is 12.5. The van der Waals surface area contributed by atoms with Gasteiger partial charge < -0.3 is 15.0 Å². The highest BCUT2D eigenvalue weighted by molar-refractivity contribution is 7.13. The van der Waals surface area contributed by atoms with Crippen LogP contribution in [0.15, 0.2) is 29.6 Å². The van der Waals surface area contributed by atoms with Crippen molar-refractivity contribution >= 4 is 22.4 Å². The number of thiazole rings is 1. The lowest BCUT2D eigenvalue weighted by Crippen LogP contribution is -2.37. The number of morpholine rings is 1. The van der Waals surface area contributed by atoms with Gasteiger partial charge in [-0.05, 0) is 26.6 Å². The van der Waals surface area contributed by atoms with Crippen LogP contribution in [0.25, 0.3) is 0 Å². The predicted octanol–water partition coefficient (Wildman–Crippen LogP) is 2.21. The molecule has 26 heavy (non-hydrogen) atoms. The number of nitrogens with one attached hydrogen (secondary N) is 1. The molecule has 1 fully saturated rings. The van der Waals surface area contributed by atoms with Gasteiger partial charge in [0, 0.05) is 18.5 Å². The summed E-state index contributed by atoms with van der Waals surface area (Å²) in [4.78, 5) is 21.6. The van der Waals surface area contributed by atoms with Crippen LogP contribution in [0.5, 0.6) is 0 Å². The molecule has 1 aliphatic heterocycles. The fourth-order valence-electron chi connectivity index (χ4n) is 3.08. The van der Waals surface area contributed by atoms with Crippen LogP contribution in [0.3, 0.4) is 0 Å². The number of carbonyl (C=O) groups is 1. The van der Waals surface area contributed by atoms with E-state index in [-0.39, 0.29) is 11.9 Å². The zero-order valence-electron chi connectivity index (χ0n) is 15.6. The number of ether oxygens (including phenoxy) is 1. The molecule has 1 aromatic heterocycles. The third-order valence-electron chi connectivity index (χ3n) is 4.39. The number of aromatic nitrogens is 1. The number of hydrogen-bond donors (Lipinski definition) is 1. The van der Waals surface area contributed by atoms with E-state index in [0.717, 1.165) is 48.3 Å². The fraction of sp³-hybridized carbons (Fsp3) is 0.474. The van der Waals surface area contributed by atoms with Crippen LogP contribution >= 0.6 is 11.3 Å². The Morgan fingerprint density at radius 3 is 2.85 bits per heavy atom. The number of anilines is 1. The molecule has 1 saturated heterocycles. The summed E-state index contributed by atoms with van der Waals surface area (Å²) < 4.78 is 5.38. The maximum atomic E-state index is 12.8. The van der Waals surface area contributed by atoms with Gasteiger partial charge in [0.1, 0.15) is 6.04 Å². The molecule has 0 saturated carbocycles. The summed E-state index contributed by atoms with van der Waals surface area (Å²) in [6, 6.07) is 7.77. The van der Waals surface area contributed by atoms with Gasteiger partial charge in [-0.1, -0.05) is 29.8 Å². The molecule has 3 rings (SSSR count). The molecule has 1 aliphatic rings. The van der Waals surface area contributed by atoms with Crippen LogP contribution in [-0.2, 0) is 16.1 Å². The van der Waals surface area contributed by atoms with Gasteiger partial charge in [0.2, 0.25) is 5.91 Å². The van der Waals surface area contributed by atoms with Gasteiger partial charge in [0.05, 0.1) is 25.5 Å². The van der Waals surface area contributed by atoms with Crippen LogP contribution in [0.4, 0.5) is 5.13 Å². The van der Waals surface area contributed by atoms with E-state index in [4.69, 9.17) is 4.74 Å². The first kappa shape index (κ1) is 18.8. The average Bonchev–Trinajstić information content (AvgIpc) is 3.10. The number of hydrogen-bond acceptors (Lipinski definition) is 6. The minimum absolute atomic E-state index is 0.0125. The van der Waals surface area contributed by atoms with Gasteiger partial charge in [-0.2, -0.15) is 0 Å². The molecule has 140 valence electrons. The molecule has 1 amide bonds. The van der Waals surface area contributed by atoms with Crippen LogP contribution in [0.1, 0.15) is 22.9 Å². The molecule has 6 nitrogen and oxygen atoms in total. The lowest BCUT2D eigenvalue weighted by atomic mass is 10.0. The van der Waals surface area contributed by atoms with Crippen LogP contribution in [0, 0.1) is 6.92 Å². The number of amides is 1. The summed E-state index contributed by atoms with van der Waals surface area (Å²) in [5.74, 6) is -0.0125. The van der Waals surface area contributed by atoms with Gasteiger partial charge >= 0.3 is 0 Å². The molecule has 7 heteroatoms. The maximum absolute atomic E-state index is 12.8. The number of rotatable bonds is 6. The van der Waals surface area contributed by atoms with Crippen molar-refractivity contribution in [3.8, 4) is 0 Å². The van der Waals surface area contributed by atoms with Crippen LogP contribution in [-0.4, -0.2) is 56.2 Å². The zero-order chi connectivity index (χ0) is 18.5. The van der Waals surface area contributed by atoms with E-state index >= 15 is 0 Å². The SMILES string of the molecule is Cc1cccc([C@H](C(=O)NCc2csc(N3CCOCC3)n2)N(C)C)c1. The van der Waals surface area contributed by atoms with Crippen LogP contribution in [0.2, 0.25) is 0 Å². The Hall–Kier alpha value is -1.96. The Morgan fingerprint density at radius 1 is 1.38 bits per heavy atom. The third-order valence-corrected chi connectivity index (χ3v) is 5.34. The zero-order valence-corrected chi connectivity index (χ0v) is 16.4. The van der Waals surface area contributed by atoms with Gasteiger partial charge in [-0.3, -0.25) is 9.69 Å². The highest BCUT2D eigenvalue weighted by Crippen LogP contribution is 2.22. The van der Waals surface area contributed by atoms with Gasteiger partial charge in [0.25, 0.3) is 0 Å². The molecule has 2 heterocycles. The quantitative estimate of drug-likeness (QED) is 0.840. The highest BCUT2D eigenvalue weighted by Gasteiger charge is 2.23.